The minimum atomic E-state index is -0.891. The summed E-state index contributed by atoms with van der Waals surface area (Å²) in [5.74, 6) is -1.82. The van der Waals surface area contributed by atoms with Crippen molar-refractivity contribution in [3.05, 3.63) is 100.0 Å². The van der Waals surface area contributed by atoms with E-state index in [4.69, 9.17) is 11.6 Å². The predicted octanol–water partition coefficient (Wildman–Crippen LogP) is 5.84. The number of aliphatic hydroxyl groups is 1. The number of Topliss-reactive ketones (excluding diaryl/α,β-unsaturated/α-hetero) is 1. The van der Waals surface area contributed by atoms with Crippen molar-refractivity contribution in [1.29, 1.82) is 0 Å². The quantitative estimate of drug-likeness (QED) is 0.186. The van der Waals surface area contributed by atoms with Gasteiger partial charge in [-0.25, -0.2) is 9.97 Å². The molecule has 1 unspecified atom stereocenters. The Labute approximate surface area is 214 Å². The van der Waals surface area contributed by atoms with Crippen molar-refractivity contribution in [2.45, 2.75) is 19.9 Å². The molecule has 2 aromatic carbocycles. The highest BCUT2D eigenvalue weighted by molar-refractivity contribution is 7.22. The SMILES string of the molecule is Cc1ccc2nc(N3C(=O)C(=O)/C(=C(/O)c4c(C)nc5ccccn45)C3c3ccc(Cl)cc3)sc2c1. The van der Waals surface area contributed by atoms with Gasteiger partial charge < -0.3 is 5.11 Å². The summed E-state index contributed by atoms with van der Waals surface area (Å²) in [6, 6.07) is 17.3. The minimum absolute atomic E-state index is 0.0217. The van der Waals surface area contributed by atoms with Crippen LogP contribution >= 0.6 is 22.9 Å². The molecule has 0 aliphatic carbocycles. The molecular formula is C27H19ClN4O3S. The van der Waals surface area contributed by atoms with Crippen LogP contribution in [0.2, 0.25) is 5.02 Å². The van der Waals surface area contributed by atoms with Gasteiger partial charge >= 0.3 is 5.91 Å². The number of benzene rings is 2. The van der Waals surface area contributed by atoms with E-state index in [2.05, 4.69) is 9.97 Å². The summed E-state index contributed by atoms with van der Waals surface area (Å²) in [6.45, 7) is 3.74. The van der Waals surface area contributed by atoms with Crippen molar-refractivity contribution >= 4 is 61.4 Å². The van der Waals surface area contributed by atoms with Gasteiger partial charge in [0.1, 0.15) is 11.3 Å². The number of amides is 1. The Balaban J connectivity index is 1.61. The van der Waals surface area contributed by atoms with E-state index < -0.39 is 17.7 Å². The summed E-state index contributed by atoms with van der Waals surface area (Å²) in [5, 5.41) is 12.5. The lowest BCUT2D eigenvalue weighted by Gasteiger charge is -2.23. The van der Waals surface area contributed by atoms with E-state index in [0.717, 1.165) is 15.8 Å². The standard InChI is InChI=1S/C27H19ClN4O3S/c1-14-6-11-18-19(13-14)36-27(30-18)32-23(16-7-9-17(28)10-8-16)21(25(34)26(32)35)24(33)22-15(2)29-20-5-3-4-12-31(20)22/h3-13,23,33H,1-2H3/b24-21+. The van der Waals surface area contributed by atoms with E-state index in [1.807, 2.05) is 43.3 Å². The second-order valence-corrected chi connectivity index (χ2v) is 10.1. The summed E-state index contributed by atoms with van der Waals surface area (Å²) >= 11 is 7.46. The molecule has 1 saturated heterocycles. The third kappa shape index (κ3) is 3.41. The molecule has 3 aromatic heterocycles. The Morgan fingerprint density at radius 3 is 2.58 bits per heavy atom. The topological polar surface area (TPSA) is 87.8 Å². The van der Waals surface area contributed by atoms with Crippen LogP contribution in [0.5, 0.6) is 0 Å². The average Bonchev–Trinajstić information content (AvgIpc) is 3.50. The zero-order chi connectivity index (χ0) is 25.1. The van der Waals surface area contributed by atoms with Crippen LogP contribution < -0.4 is 4.90 Å². The molecule has 36 heavy (non-hydrogen) atoms. The van der Waals surface area contributed by atoms with E-state index in [1.54, 1.807) is 41.8 Å². The third-order valence-corrected chi connectivity index (χ3v) is 7.57. The van der Waals surface area contributed by atoms with Gasteiger partial charge in [-0.2, -0.15) is 0 Å². The highest BCUT2D eigenvalue weighted by Gasteiger charge is 2.48. The molecule has 0 radical (unpaired) electrons. The monoisotopic (exact) mass is 514 g/mol. The molecule has 0 saturated carbocycles. The number of rotatable bonds is 3. The first-order chi connectivity index (χ1) is 17.3. The summed E-state index contributed by atoms with van der Waals surface area (Å²) in [4.78, 5) is 37.5. The Morgan fingerprint density at radius 2 is 1.81 bits per heavy atom. The number of anilines is 1. The fourth-order valence-corrected chi connectivity index (χ4v) is 5.86. The number of hydrogen-bond acceptors (Lipinski definition) is 6. The van der Waals surface area contributed by atoms with Crippen LogP contribution in [0.25, 0.3) is 21.6 Å². The lowest BCUT2D eigenvalue weighted by atomic mass is 9.96. The van der Waals surface area contributed by atoms with Crippen molar-refractivity contribution in [3.63, 3.8) is 0 Å². The number of ketones is 1. The number of aliphatic hydroxyl groups excluding tert-OH is 1. The van der Waals surface area contributed by atoms with Crippen LogP contribution in [0.3, 0.4) is 0 Å². The van der Waals surface area contributed by atoms with Crippen LogP contribution in [0.15, 0.2) is 72.4 Å². The van der Waals surface area contributed by atoms with Crippen LogP contribution in [-0.4, -0.2) is 31.2 Å². The van der Waals surface area contributed by atoms with Crippen molar-refractivity contribution < 1.29 is 14.7 Å². The molecule has 1 amide bonds. The first-order valence-corrected chi connectivity index (χ1v) is 12.4. The summed E-state index contributed by atoms with van der Waals surface area (Å²) in [6.07, 6.45) is 1.76. The molecule has 1 atom stereocenters. The molecule has 178 valence electrons. The molecule has 0 spiro atoms. The van der Waals surface area contributed by atoms with Gasteiger partial charge in [-0.05, 0) is 61.4 Å². The van der Waals surface area contributed by atoms with E-state index in [-0.39, 0.29) is 11.3 Å². The highest BCUT2D eigenvalue weighted by atomic mass is 35.5. The van der Waals surface area contributed by atoms with Gasteiger partial charge in [0.15, 0.2) is 10.9 Å². The number of thiazole rings is 1. The van der Waals surface area contributed by atoms with E-state index in [9.17, 15) is 14.7 Å². The lowest BCUT2D eigenvalue weighted by molar-refractivity contribution is -0.132. The highest BCUT2D eigenvalue weighted by Crippen LogP contribution is 2.44. The van der Waals surface area contributed by atoms with Crippen LogP contribution in [0, 0.1) is 13.8 Å². The maximum atomic E-state index is 13.5. The van der Waals surface area contributed by atoms with E-state index >= 15 is 0 Å². The van der Waals surface area contributed by atoms with Crippen molar-refractivity contribution in [2.75, 3.05) is 4.90 Å². The summed E-state index contributed by atoms with van der Waals surface area (Å²) < 4.78 is 2.61. The summed E-state index contributed by atoms with van der Waals surface area (Å²) in [5.41, 5.74) is 3.92. The summed E-state index contributed by atoms with van der Waals surface area (Å²) in [7, 11) is 0. The largest absolute Gasteiger partial charge is 0.505 e. The van der Waals surface area contributed by atoms with Gasteiger partial charge in [-0.3, -0.25) is 18.9 Å². The molecule has 6 rings (SSSR count). The number of carbonyl (C=O) groups is 2. The molecule has 5 aromatic rings. The number of aromatic nitrogens is 3. The van der Waals surface area contributed by atoms with Gasteiger partial charge in [0, 0.05) is 11.2 Å². The molecular weight excluding hydrogens is 496 g/mol. The van der Waals surface area contributed by atoms with Gasteiger partial charge in [0.25, 0.3) is 5.78 Å². The van der Waals surface area contributed by atoms with Crippen LogP contribution in [0.4, 0.5) is 5.13 Å². The number of pyridine rings is 1. The maximum absolute atomic E-state index is 13.5. The second-order valence-electron chi connectivity index (χ2n) is 8.66. The van der Waals surface area contributed by atoms with Gasteiger partial charge in [-0.15, -0.1) is 0 Å². The van der Waals surface area contributed by atoms with Crippen molar-refractivity contribution in [2.24, 2.45) is 0 Å². The molecule has 1 N–H and O–H groups in total. The normalized spacial score (nSPS) is 17.5. The number of hydrogen-bond donors (Lipinski definition) is 1. The molecule has 1 aliphatic rings. The smallest absolute Gasteiger partial charge is 0.301 e. The molecule has 4 heterocycles. The van der Waals surface area contributed by atoms with E-state index in [1.165, 1.54) is 16.2 Å². The van der Waals surface area contributed by atoms with E-state index in [0.29, 0.717) is 32.8 Å². The maximum Gasteiger partial charge on any atom is 0.301 e. The van der Waals surface area contributed by atoms with Crippen molar-refractivity contribution in [3.8, 4) is 0 Å². The van der Waals surface area contributed by atoms with Gasteiger partial charge in [0.05, 0.1) is 27.5 Å². The molecule has 7 nitrogen and oxygen atoms in total. The Morgan fingerprint density at radius 1 is 1.03 bits per heavy atom. The minimum Gasteiger partial charge on any atom is -0.505 e. The lowest BCUT2D eigenvalue weighted by Crippen LogP contribution is -2.29. The predicted molar refractivity (Wildman–Crippen MR) is 141 cm³/mol. The number of fused-ring (bicyclic) bond motifs is 2. The fourth-order valence-electron chi connectivity index (χ4n) is 4.64. The zero-order valence-electron chi connectivity index (χ0n) is 19.3. The zero-order valence-corrected chi connectivity index (χ0v) is 20.8. The number of carbonyl (C=O) groups excluding carboxylic acids is 2. The average molecular weight is 515 g/mol. The number of aryl methyl sites for hydroxylation is 2. The Kier molecular flexibility index (Phi) is 5.17. The van der Waals surface area contributed by atoms with Gasteiger partial charge in [0.2, 0.25) is 0 Å². The van der Waals surface area contributed by atoms with Gasteiger partial charge in [-0.1, -0.05) is 47.2 Å². The van der Waals surface area contributed by atoms with Crippen LogP contribution in [-0.2, 0) is 9.59 Å². The third-order valence-electron chi connectivity index (χ3n) is 6.30. The Bertz CT molecular complexity index is 1740. The Hall–Kier alpha value is -4.01. The van der Waals surface area contributed by atoms with Crippen LogP contribution in [0.1, 0.15) is 28.6 Å². The second kappa shape index (κ2) is 8.29. The number of nitrogens with zero attached hydrogens (tertiary/aromatic N) is 4. The number of halogens is 1. The molecule has 1 aliphatic heterocycles. The molecule has 0 bridgehead atoms. The molecule has 9 heteroatoms. The number of imidazole rings is 1. The van der Waals surface area contributed by atoms with Crippen molar-refractivity contribution in [1.82, 2.24) is 14.4 Å². The first kappa shape index (κ1) is 22.5. The fraction of sp³-hybridized carbons (Fsp3) is 0.111. The molecule has 1 fully saturated rings. The first-order valence-electron chi connectivity index (χ1n) is 11.2.